The first-order valence-electron chi connectivity index (χ1n) is 8.68. The van der Waals surface area contributed by atoms with Gasteiger partial charge in [0.1, 0.15) is 0 Å². The molecule has 0 atom stereocenters. The second-order valence-corrected chi connectivity index (χ2v) is 7.10. The summed E-state index contributed by atoms with van der Waals surface area (Å²) in [5.41, 5.74) is 1.29. The van der Waals surface area contributed by atoms with Crippen molar-refractivity contribution in [3.8, 4) is 0 Å². The lowest BCUT2D eigenvalue weighted by molar-refractivity contribution is -0.942. The summed E-state index contributed by atoms with van der Waals surface area (Å²) >= 11 is 0. The van der Waals surface area contributed by atoms with Gasteiger partial charge in [0.2, 0.25) is 0 Å². The maximum absolute atomic E-state index is 12.5. The number of nitrogens with one attached hydrogen (secondary N) is 1. The molecule has 3 aliphatic rings. The number of hydrogen-bond acceptors (Lipinski definition) is 2. The van der Waals surface area contributed by atoms with Crippen molar-refractivity contribution >= 4 is 11.6 Å². The molecule has 0 saturated carbocycles. The van der Waals surface area contributed by atoms with Crippen LogP contribution in [0.25, 0.3) is 0 Å². The highest BCUT2D eigenvalue weighted by atomic mass is 16.3. The van der Waals surface area contributed by atoms with Crippen LogP contribution < -0.4 is 5.32 Å². The molecule has 1 amide bonds. The number of anilines is 1. The number of aliphatic hydroxyl groups is 1. The number of hydrogen-bond donors (Lipinski definition) is 2. The molecule has 2 bridgehead atoms. The lowest BCUT2D eigenvalue weighted by atomic mass is 9.85. The van der Waals surface area contributed by atoms with E-state index in [-0.39, 0.29) is 11.7 Å². The molecule has 0 radical (unpaired) electrons. The van der Waals surface area contributed by atoms with E-state index in [0.717, 1.165) is 22.6 Å². The number of rotatable bonds is 5. The summed E-state index contributed by atoms with van der Waals surface area (Å²) in [6.45, 7) is 6.29. The van der Waals surface area contributed by atoms with Crippen LogP contribution in [0.15, 0.2) is 41.7 Å². The molecule has 4 rings (SSSR count). The maximum atomic E-state index is 12.5. The molecule has 124 valence electrons. The van der Waals surface area contributed by atoms with Gasteiger partial charge >= 0.3 is 0 Å². The van der Waals surface area contributed by atoms with Crippen molar-refractivity contribution < 1.29 is 14.4 Å². The van der Waals surface area contributed by atoms with Crippen molar-refractivity contribution in [2.24, 2.45) is 5.92 Å². The molecule has 1 aromatic rings. The molecular formula is C19H27N2O2+. The molecule has 3 aliphatic heterocycles. The molecule has 3 fully saturated rings. The van der Waals surface area contributed by atoms with Crippen LogP contribution in [-0.2, 0) is 4.79 Å². The summed E-state index contributed by atoms with van der Waals surface area (Å²) in [6.07, 6.45) is 4.62. The number of allylic oxidation sites excluding steroid dienone is 1. The van der Waals surface area contributed by atoms with Gasteiger partial charge in [-0.15, -0.1) is 0 Å². The van der Waals surface area contributed by atoms with Gasteiger partial charge in [0.15, 0.2) is 0 Å². The third-order valence-corrected chi connectivity index (χ3v) is 5.61. The van der Waals surface area contributed by atoms with E-state index in [9.17, 15) is 9.90 Å². The van der Waals surface area contributed by atoms with Gasteiger partial charge in [-0.1, -0.05) is 18.2 Å². The van der Waals surface area contributed by atoms with Crippen molar-refractivity contribution in [3.05, 3.63) is 41.7 Å². The number of para-hydroxylation sites is 1. The van der Waals surface area contributed by atoms with Crippen LogP contribution in [0.3, 0.4) is 0 Å². The van der Waals surface area contributed by atoms with E-state index in [1.807, 2.05) is 30.3 Å². The molecule has 1 aromatic carbocycles. The molecule has 3 saturated heterocycles. The third-order valence-electron chi connectivity index (χ3n) is 5.61. The predicted octanol–water partition coefficient (Wildman–Crippen LogP) is 3.48. The molecule has 0 spiro atoms. The van der Waals surface area contributed by atoms with Crippen LogP contribution in [0.5, 0.6) is 0 Å². The highest BCUT2D eigenvalue weighted by Gasteiger charge is 2.39. The van der Waals surface area contributed by atoms with Gasteiger partial charge in [-0.05, 0) is 44.2 Å². The standard InChI is InChI=1S/C19H26N2O2/c1-15(22)18(19(23)20-17-5-3-2-4-6-17)10-14-21-11-7-16(8-12-21)9-13-21/h2-6,16H,7-14H2,1H3,(H-,20,22,23)/p+1. The molecule has 0 unspecified atom stereocenters. The zero-order valence-corrected chi connectivity index (χ0v) is 13.9. The SMILES string of the molecule is C/C(O)=C(/CC[N+]12CCC(CC1)CC2)C(=O)Nc1ccccc1. The zero-order valence-electron chi connectivity index (χ0n) is 13.9. The van der Waals surface area contributed by atoms with Crippen molar-refractivity contribution in [1.82, 2.24) is 0 Å². The summed E-state index contributed by atoms with van der Waals surface area (Å²) in [5.74, 6) is 0.899. The molecule has 4 nitrogen and oxygen atoms in total. The number of fused-ring (bicyclic) bond motifs is 3. The average Bonchev–Trinajstić information content (AvgIpc) is 2.57. The summed E-state index contributed by atoms with van der Waals surface area (Å²) in [6, 6.07) is 9.42. The molecule has 0 aliphatic carbocycles. The van der Waals surface area contributed by atoms with Crippen molar-refractivity contribution in [3.63, 3.8) is 0 Å². The number of amides is 1. The van der Waals surface area contributed by atoms with Gasteiger partial charge in [0.25, 0.3) is 5.91 Å². The van der Waals surface area contributed by atoms with E-state index < -0.39 is 0 Å². The molecule has 0 aromatic heterocycles. The van der Waals surface area contributed by atoms with Gasteiger partial charge in [0.05, 0.1) is 37.5 Å². The fourth-order valence-electron chi connectivity index (χ4n) is 4.01. The van der Waals surface area contributed by atoms with E-state index in [1.165, 1.54) is 38.9 Å². The fourth-order valence-corrected chi connectivity index (χ4v) is 4.01. The number of carbonyl (C=O) groups excluding carboxylic acids is 1. The first-order chi connectivity index (χ1) is 11.1. The first-order valence-corrected chi connectivity index (χ1v) is 8.68. The zero-order chi connectivity index (χ0) is 16.3. The van der Waals surface area contributed by atoms with Gasteiger partial charge in [-0.25, -0.2) is 0 Å². The average molecular weight is 315 g/mol. The van der Waals surface area contributed by atoms with Crippen LogP contribution in [-0.4, -0.2) is 41.7 Å². The van der Waals surface area contributed by atoms with Crippen molar-refractivity contribution in [1.29, 1.82) is 0 Å². The Morgan fingerprint density at radius 2 is 1.78 bits per heavy atom. The summed E-state index contributed by atoms with van der Waals surface area (Å²) in [4.78, 5) is 12.5. The quantitative estimate of drug-likeness (QED) is 0.496. The third kappa shape index (κ3) is 3.75. The Hall–Kier alpha value is -1.81. The number of quaternary nitrogens is 1. The number of nitrogens with zero attached hydrogens (tertiary/aromatic N) is 1. The molecule has 2 N–H and O–H groups in total. The normalized spacial score (nSPS) is 27.4. The Bertz CT molecular complexity index is 569. The van der Waals surface area contributed by atoms with E-state index in [0.29, 0.717) is 12.0 Å². The minimum atomic E-state index is -0.179. The van der Waals surface area contributed by atoms with Crippen LogP contribution >= 0.6 is 0 Å². The second kappa shape index (κ2) is 6.75. The second-order valence-electron chi connectivity index (χ2n) is 7.10. The molecule has 4 heteroatoms. The van der Waals surface area contributed by atoms with Gasteiger partial charge in [-0.3, -0.25) is 4.79 Å². The Kier molecular flexibility index (Phi) is 4.71. The minimum absolute atomic E-state index is 0.142. The first kappa shape index (κ1) is 16.1. The van der Waals surface area contributed by atoms with Gasteiger partial charge in [0, 0.05) is 12.1 Å². The molecule has 23 heavy (non-hydrogen) atoms. The highest BCUT2D eigenvalue weighted by Crippen LogP contribution is 2.34. The van der Waals surface area contributed by atoms with Crippen LogP contribution in [0.2, 0.25) is 0 Å². The minimum Gasteiger partial charge on any atom is -0.512 e. The Labute approximate surface area is 138 Å². The lowest BCUT2D eigenvalue weighted by Gasteiger charge is -2.49. The fraction of sp³-hybridized carbons (Fsp3) is 0.526. The van der Waals surface area contributed by atoms with Crippen molar-refractivity contribution in [2.75, 3.05) is 31.5 Å². The maximum Gasteiger partial charge on any atom is 0.255 e. The Morgan fingerprint density at radius 3 is 2.35 bits per heavy atom. The van der Waals surface area contributed by atoms with E-state index in [1.54, 1.807) is 6.92 Å². The lowest BCUT2D eigenvalue weighted by Crippen LogP contribution is -2.58. The van der Waals surface area contributed by atoms with Crippen molar-refractivity contribution in [2.45, 2.75) is 32.6 Å². The molecule has 3 heterocycles. The van der Waals surface area contributed by atoms with Gasteiger partial charge in [-0.2, -0.15) is 0 Å². The van der Waals surface area contributed by atoms with Crippen LogP contribution in [0, 0.1) is 5.92 Å². The van der Waals surface area contributed by atoms with E-state index in [2.05, 4.69) is 5.32 Å². The van der Waals surface area contributed by atoms with Crippen LogP contribution in [0.4, 0.5) is 5.69 Å². The topological polar surface area (TPSA) is 49.3 Å². The largest absolute Gasteiger partial charge is 0.512 e. The Morgan fingerprint density at radius 1 is 1.17 bits per heavy atom. The van der Waals surface area contributed by atoms with E-state index >= 15 is 0 Å². The number of aliphatic hydroxyl groups excluding tert-OH is 1. The monoisotopic (exact) mass is 315 g/mol. The summed E-state index contributed by atoms with van der Waals surface area (Å²) in [5, 5.41) is 12.9. The Balaban J connectivity index is 1.63. The summed E-state index contributed by atoms with van der Waals surface area (Å²) in [7, 11) is 0. The van der Waals surface area contributed by atoms with Crippen LogP contribution in [0.1, 0.15) is 32.6 Å². The number of piperidine rings is 3. The summed E-state index contributed by atoms with van der Waals surface area (Å²) < 4.78 is 1.13. The number of carbonyl (C=O) groups is 1. The predicted molar refractivity (Wildman–Crippen MR) is 92.1 cm³/mol. The number of benzene rings is 1. The van der Waals surface area contributed by atoms with E-state index in [4.69, 9.17) is 0 Å². The highest BCUT2D eigenvalue weighted by molar-refractivity contribution is 6.03. The van der Waals surface area contributed by atoms with Gasteiger partial charge < -0.3 is 14.9 Å². The molecular weight excluding hydrogens is 288 g/mol. The smallest absolute Gasteiger partial charge is 0.255 e.